The summed E-state index contributed by atoms with van der Waals surface area (Å²) in [6, 6.07) is 0.704. The quantitative estimate of drug-likeness (QED) is 0.667. The fraction of sp³-hybridized carbons (Fsp3) is 1.00. The van der Waals surface area contributed by atoms with Crippen molar-refractivity contribution in [2.45, 2.75) is 111 Å². The van der Waals surface area contributed by atoms with Gasteiger partial charge in [0.2, 0.25) is 0 Å². The van der Waals surface area contributed by atoms with Crippen molar-refractivity contribution >= 4 is 0 Å². The van der Waals surface area contributed by atoms with E-state index >= 15 is 0 Å². The molecule has 0 unspecified atom stereocenters. The summed E-state index contributed by atoms with van der Waals surface area (Å²) in [4.78, 5) is 2.57. The highest BCUT2D eigenvalue weighted by molar-refractivity contribution is 4.76. The molecule has 1 heterocycles. The minimum absolute atomic E-state index is 0.554. The van der Waals surface area contributed by atoms with E-state index in [-0.39, 0.29) is 0 Å². The van der Waals surface area contributed by atoms with Crippen molar-refractivity contribution in [3.63, 3.8) is 0 Å². The normalized spacial score (nSPS) is 21.3. The third-order valence-corrected chi connectivity index (χ3v) is 4.14. The monoisotopic (exact) mass is 299 g/mol. The van der Waals surface area contributed by atoms with Crippen LogP contribution in [0, 0.1) is 0 Å². The van der Waals surface area contributed by atoms with E-state index in [1.165, 1.54) is 64.5 Å². The molecule has 1 aliphatic carbocycles. The second-order valence-electron chi connectivity index (χ2n) is 6.43. The van der Waals surface area contributed by atoms with E-state index in [2.05, 4.69) is 32.6 Å². The second-order valence-corrected chi connectivity index (χ2v) is 6.43. The number of hydrogen-bond donors (Lipinski definition) is 0. The predicted octanol–water partition coefficient (Wildman–Crippen LogP) is 5.65. The lowest BCUT2D eigenvalue weighted by Crippen LogP contribution is -2.42. The summed E-state index contributed by atoms with van der Waals surface area (Å²) < 4.78 is 6.23. The first-order valence-corrected chi connectivity index (χ1v) is 9.56. The first-order chi connectivity index (χ1) is 10.2. The van der Waals surface area contributed by atoms with Crippen LogP contribution in [0.1, 0.15) is 92.9 Å². The van der Waals surface area contributed by atoms with Crippen LogP contribution in [-0.4, -0.2) is 36.2 Å². The minimum atomic E-state index is 0.554. The number of nitrogens with zero attached hydrogens (tertiary/aromatic N) is 1. The number of hydrogen-bond acceptors (Lipinski definition) is 2. The maximum absolute atomic E-state index is 6.23. The van der Waals surface area contributed by atoms with Gasteiger partial charge in [0, 0.05) is 19.1 Å². The first-order valence-electron chi connectivity index (χ1n) is 9.56. The lowest BCUT2D eigenvalue weighted by molar-refractivity contribution is -0.0586. The maximum atomic E-state index is 6.23. The molecule has 2 fully saturated rings. The van der Waals surface area contributed by atoms with Crippen LogP contribution in [0.3, 0.4) is 0 Å². The zero-order valence-electron chi connectivity index (χ0n) is 15.7. The van der Waals surface area contributed by atoms with Gasteiger partial charge in [0.05, 0.1) is 12.2 Å². The molecular formula is C19H41NO. The van der Waals surface area contributed by atoms with Crippen molar-refractivity contribution < 1.29 is 4.74 Å². The fourth-order valence-electron chi connectivity index (χ4n) is 3.00. The highest BCUT2D eigenvalue weighted by Gasteiger charge is 2.24. The van der Waals surface area contributed by atoms with Gasteiger partial charge in [-0.1, -0.05) is 53.4 Å². The SMILES string of the molecule is CC.CC(C)N1CCC(OC2CCCCC2)CC1.CCC. The van der Waals surface area contributed by atoms with Gasteiger partial charge in [-0.15, -0.1) is 0 Å². The topological polar surface area (TPSA) is 12.5 Å². The molecule has 128 valence electrons. The van der Waals surface area contributed by atoms with Crippen LogP contribution in [-0.2, 0) is 4.74 Å². The van der Waals surface area contributed by atoms with Crippen molar-refractivity contribution in [3.05, 3.63) is 0 Å². The third-order valence-electron chi connectivity index (χ3n) is 4.14. The molecule has 0 spiro atoms. The molecule has 2 aliphatic rings. The van der Waals surface area contributed by atoms with Crippen LogP contribution in [0.2, 0.25) is 0 Å². The molecule has 2 heteroatoms. The zero-order chi connectivity index (χ0) is 16.1. The summed E-state index contributed by atoms with van der Waals surface area (Å²) in [6.07, 6.45) is 11.7. The Morgan fingerprint density at radius 3 is 1.71 bits per heavy atom. The van der Waals surface area contributed by atoms with Crippen molar-refractivity contribution in [1.82, 2.24) is 4.90 Å². The van der Waals surface area contributed by atoms with Crippen LogP contribution in [0.5, 0.6) is 0 Å². The van der Waals surface area contributed by atoms with Gasteiger partial charge < -0.3 is 9.64 Å². The maximum Gasteiger partial charge on any atom is 0.0603 e. The Morgan fingerprint density at radius 2 is 1.29 bits per heavy atom. The molecule has 21 heavy (non-hydrogen) atoms. The van der Waals surface area contributed by atoms with Gasteiger partial charge in [-0.25, -0.2) is 0 Å². The molecule has 1 saturated carbocycles. The molecule has 2 rings (SSSR count). The molecule has 0 N–H and O–H groups in total. The summed E-state index contributed by atoms with van der Waals surface area (Å²) in [5.74, 6) is 0. The molecule has 0 aromatic rings. The van der Waals surface area contributed by atoms with Crippen LogP contribution in [0.25, 0.3) is 0 Å². The number of ether oxygens (including phenoxy) is 1. The van der Waals surface area contributed by atoms with E-state index in [9.17, 15) is 0 Å². The molecule has 1 saturated heterocycles. The van der Waals surface area contributed by atoms with Crippen molar-refractivity contribution in [2.24, 2.45) is 0 Å². The summed E-state index contributed by atoms with van der Waals surface area (Å²) in [6.45, 7) is 15.3. The van der Waals surface area contributed by atoms with Gasteiger partial charge in [0.15, 0.2) is 0 Å². The van der Waals surface area contributed by atoms with E-state index in [0.717, 1.165) is 0 Å². The largest absolute Gasteiger partial charge is 0.375 e. The van der Waals surface area contributed by atoms with E-state index < -0.39 is 0 Å². The van der Waals surface area contributed by atoms with Crippen molar-refractivity contribution in [2.75, 3.05) is 13.1 Å². The molecule has 0 aromatic carbocycles. The Kier molecular flexibility index (Phi) is 13.5. The molecule has 0 radical (unpaired) electrons. The average Bonchev–Trinajstić information content (AvgIpc) is 2.52. The zero-order valence-corrected chi connectivity index (χ0v) is 15.7. The Balaban J connectivity index is 0.000000713. The van der Waals surface area contributed by atoms with Gasteiger partial charge in [-0.05, 0) is 39.5 Å². The van der Waals surface area contributed by atoms with Gasteiger partial charge in [0.1, 0.15) is 0 Å². The van der Waals surface area contributed by atoms with Crippen LogP contribution in [0.15, 0.2) is 0 Å². The van der Waals surface area contributed by atoms with Gasteiger partial charge in [-0.2, -0.15) is 0 Å². The third kappa shape index (κ3) is 9.52. The van der Waals surface area contributed by atoms with Gasteiger partial charge >= 0.3 is 0 Å². The Morgan fingerprint density at radius 1 is 0.857 bits per heavy atom. The smallest absolute Gasteiger partial charge is 0.0603 e. The highest BCUT2D eigenvalue weighted by Crippen LogP contribution is 2.25. The fourth-order valence-corrected chi connectivity index (χ4v) is 3.00. The standard InChI is InChI=1S/C14H27NO.C3H8.C2H6/c1-12(2)15-10-8-14(9-11-15)16-13-6-4-3-5-7-13;1-3-2;1-2/h12-14H,3-11H2,1-2H3;3H2,1-2H3;1-2H3. The number of piperidine rings is 1. The summed E-state index contributed by atoms with van der Waals surface area (Å²) in [5, 5.41) is 0. The van der Waals surface area contributed by atoms with Crippen LogP contribution < -0.4 is 0 Å². The van der Waals surface area contributed by atoms with E-state index in [1.807, 2.05) is 13.8 Å². The van der Waals surface area contributed by atoms with E-state index in [1.54, 1.807) is 0 Å². The Labute approximate surface area is 134 Å². The van der Waals surface area contributed by atoms with Gasteiger partial charge in [0.25, 0.3) is 0 Å². The molecular weight excluding hydrogens is 258 g/mol. The van der Waals surface area contributed by atoms with Crippen molar-refractivity contribution in [3.8, 4) is 0 Å². The molecule has 0 amide bonds. The second kappa shape index (κ2) is 13.6. The van der Waals surface area contributed by atoms with E-state index in [0.29, 0.717) is 18.2 Å². The number of likely N-dealkylation sites (tertiary alicyclic amines) is 1. The lowest BCUT2D eigenvalue weighted by atomic mass is 9.97. The number of rotatable bonds is 3. The molecule has 0 atom stereocenters. The summed E-state index contributed by atoms with van der Waals surface area (Å²) >= 11 is 0. The molecule has 2 nitrogen and oxygen atoms in total. The molecule has 0 aromatic heterocycles. The average molecular weight is 300 g/mol. The Bertz CT molecular complexity index is 204. The highest BCUT2D eigenvalue weighted by atomic mass is 16.5. The van der Waals surface area contributed by atoms with E-state index in [4.69, 9.17) is 4.74 Å². The predicted molar refractivity (Wildman–Crippen MR) is 95.0 cm³/mol. The Hall–Kier alpha value is -0.0800. The molecule has 0 bridgehead atoms. The van der Waals surface area contributed by atoms with Gasteiger partial charge in [-0.3, -0.25) is 0 Å². The minimum Gasteiger partial charge on any atom is -0.375 e. The first kappa shape index (κ1) is 20.9. The van der Waals surface area contributed by atoms with Crippen molar-refractivity contribution in [1.29, 1.82) is 0 Å². The summed E-state index contributed by atoms with van der Waals surface area (Å²) in [5.41, 5.74) is 0. The van der Waals surface area contributed by atoms with Crippen LogP contribution >= 0.6 is 0 Å². The molecule has 1 aliphatic heterocycles. The summed E-state index contributed by atoms with van der Waals surface area (Å²) in [7, 11) is 0. The van der Waals surface area contributed by atoms with Crippen LogP contribution in [0.4, 0.5) is 0 Å². The lowest BCUT2D eigenvalue weighted by Gasteiger charge is -2.36.